The highest BCUT2D eigenvalue weighted by atomic mass is 16.7. The number of ether oxygens (including phenoxy) is 2. The SMILES string of the molecule is CC/C=C\C/C=C\C/C=C\C/C=C\C/C=C\CCCCCCCCCCCCCCCCCCCC(=O)NC(COC1OC(CO)C(O)C(O)C1O)C(O)/C=C/CCCCCCCCCCCCCCCCCCCCCCCCC. The summed E-state index contributed by atoms with van der Waals surface area (Å²) in [6.45, 7) is 3.71. The number of hydrogen-bond acceptors (Lipinski definition) is 8. The molecule has 1 heterocycles. The number of aliphatic hydroxyl groups is 5. The highest BCUT2D eigenvalue weighted by Gasteiger charge is 2.44. The van der Waals surface area contributed by atoms with E-state index in [4.69, 9.17) is 9.47 Å². The lowest BCUT2D eigenvalue weighted by molar-refractivity contribution is -0.302. The first kappa shape index (κ1) is 76.6. The van der Waals surface area contributed by atoms with Crippen molar-refractivity contribution in [2.45, 2.75) is 365 Å². The zero-order valence-electron chi connectivity index (χ0n) is 52.8. The van der Waals surface area contributed by atoms with Gasteiger partial charge in [-0.1, -0.05) is 324 Å². The van der Waals surface area contributed by atoms with Gasteiger partial charge in [0.2, 0.25) is 5.91 Å². The summed E-state index contributed by atoms with van der Waals surface area (Å²) in [6.07, 6.45) is 78.6. The van der Waals surface area contributed by atoms with Crippen molar-refractivity contribution in [1.29, 1.82) is 0 Å². The lowest BCUT2D eigenvalue weighted by Crippen LogP contribution is -2.60. The number of hydrogen-bond donors (Lipinski definition) is 6. The largest absolute Gasteiger partial charge is 0.394 e. The van der Waals surface area contributed by atoms with Crippen LogP contribution in [0.4, 0.5) is 0 Å². The quantitative estimate of drug-likeness (QED) is 0.0261. The van der Waals surface area contributed by atoms with Gasteiger partial charge in [0.15, 0.2) is 6.29 Å². The van der Waals surface area contributed by atoms with Gasteiger partial charge >= 0.3 is 0 Å². The van der Waals surface area contributed by atoms with Crippen LogP contribution < -0.4 is 5.32 Å². The Morgan fingerprint density at radius 1 is 0.432 bits per heavy atom. The number of carbonyl (C=O) groups is 1. The molecule has 9 heteroatoms. The molecule has 7 unspecified atom stereocenters. The number of unbranched alkanes of at least 4 members (excludes halogenated alkanes) is 40. The Morgan fingerprint density at radius 2 is 0.765 bits per heavy atom. The number of amides is 1. The Labute approximate surface area is 499 Å². The monoisotopic (exact) mass is 1140 g/mol. The summed E-state index contributed by atoms with van der Waals surface area (Å²) in [5, 5.41) is 54.8. The second-order valence-electron chi connectivity index (χ2n) is 23.9. The summed E-state index contributed by atoms with van der Waals surface area (Å²) in [5.74, 6) is -0.173. The molecule has 0 aromatic carbocycles. The smallest absolute Gasteiger partial charge is 0.220 e. The summed E-state index contributed by atoms with van der Waals surface area (Å²) in [6, 6.07) is -0.808. The van der Waals surface area contributed by atoms with E-state index in [9.17, 15) is 30.3 Å². The van der Waals surface area contributed by atoms with Crippen LogP contribution in [-0.4, -0.2) is 87.5 Å². The number of rotatable bonds is 60. The zero-order valence-corrected chi connectivity index (χ0v) is 52.8. The lowest BCUT2D eigenvalue weighted by atomic mass is 9.99. The topological polar surface area (TPSA) is 149 Å². The third-order valence-electron chi connectivity index (χ3n) is 16.3. The maximum Gasteiger partial charge on any atom is 0.220 e. The summed E-state index contributed by atoms with van der Waals surface area (Å²) >= 11 is 0. The molecule has 0 radical (unpaired) electrons. The second-order valence-corrected chi connectivity index (χ2v) is 23.9. The van der Waals surface area contributed by atoms with Gasteiger partial charge in [0, 0.05) is 6.42 Å². The van der Waals surface area contributed by atoms with Crippen LogP contribution in [-0.2, 0) is 14.3 Å². The van der Waals surface area contributed by atoms with Gasteiger partial charge < -0.3 is 40.3 Å². The van der Waals surface area contributed by atoms with Gasteiger partial charge in [-0.2, -0.15) is 0 Å². The Kier molecular flexibility index (Phi) is 57.5. The van der Waals surface area contributed by atoms with E-state index < -0.39 is 49.5 Å². The van der Waals surface area contributed by atoms with Crippen LogP contribution in [0.25, 0.3) is 0 Å². The van der Waals surface area contributed by atoms with Crippen LogP contribution in [0.1, 0.15) is 322 Å². The molecular weight excluding hydrogens is 1010 g/mol. The van der Waals surface area contributed by atoms with Gasteiger partial charge in [-0.15, -0.1) is 0 Å². The summed E-state index contributed by atoms with van der Waals surface area (Å²) < 4.78 is 11.3. The number of carbonyl (C=O) groups excluding carboxylic acids is 1. The molecule has 0 aromatic rings. The molecule has 81 heavy (non-hydrogen) atoms. The molecule has 1 aliphatic heterocycles. The Hall–Kier alpha value is -2.37. The predicted molar refractivity (Wildman–Crippen MR) is 345 cm³/mol. The molecule has 0 saturated carbocycles. The van der Waals surface area contributed by atoms with Gasteiger partial charge in [-0.25, -0.2) is 0 Å². The van der Waals surface area contributed by atoms with E-state index in [-0.39, 0.29) is 12.5 Å². The average Bonchev–Trinajstić information content (AvgIpc) is 3.50. The fourth-order valence-electron chi connectivity index (χ4n) is 10.9. The van der Waals surface area contributed by atoms with Gasteiger partial charge in [0.05, 0.1) is 25.4 Å². The van der Waals surface area contributed by atoms with Gasteiger partial charge in [0.25, 0.3) is 0 Å². The predicted octanol–water partition coefficient (Wildman–Crippen LogP) is 18.8. The van der Waals surface area contributed by atoms with E-state index in [1.54, 1.807) is 6.08 Å². The maximum absolute atomic E-state index is 13.1. The maximum atomic E-state index is 13.1. The fourth-order valence-corrected chi connectivity index (χ4v) is 10.9. The fraction of sp³-hybridized carbons (Fsp3) is 0.819. The first-order chi connectivity index (χ1) is 39.8. The van der Waals surface area contributed by atoms with Crippen LogP contribution in [0.2, 0.25) is 0 Å². The molecule has 0 aliphatic carbocycles. The summed E-state index contributed by atoms with van der Waals surface area (Å²) in [5.41, 5.74) is 0. The molecule has 0 bridgehead atoms. The van der Waals surface area contributed by atoms with E-state index in [1.807, 2.05) is 6.08 Å². The van der Waals surface area contributed by atoms with Crippen molar-refractivity contribution in [2.75, 3.05) is 13.2 Å². The molecule has 1 saturated heterocycles. The van der Waals surface area contributed by atoms with Gasteiger partial charge in [-0.3, -0.25) is 4.79 Å². The van der Waals surface area contributed by atoms with E-state index in [1.165, 1.54) is 231 Å². The Balaban J connectivity index is 2.13. The highest BCUT2D eigenvalue weighted by Crippen LogP contribution is 2.23. The first-order valence-corrected chi connectivity index (χ1v) is 34.7. The highest BCUT2D eigenvalue weighted by molar-refractivity contribution is 5.76. The zero-order chi connectivity index (χ0) is 58.6. The van der Waals surface area contributed by atoms with Gasteiger partial charge in [-0.05, 0) is 64.2 Å². The summed E-state index contributed by atoms with van der Waals surface area (Å²) in [7, 11) is 0. The van der Waals surface area contributed by atoms with Crippen molar-refractivity contribution in [3.05, 3.63) is 72.9 Å². The Morgan fingerprint density at radius 3 is 1.14 bits per heavy atom. The molecule has 1 amide bonds. The van der Waals surface area contributed by atoms with Crippen LogP contribution >= 0.6 is 0 Å². The van der Waals surface area contributed by atoms with Crippen molar-refractivity contribution >= 4 is 5.91 Å². The minimum Gasteiger partial charge on any atom is -0.394 e. The molecule has 1 aliphatic rings. The molecule has 6 N–H and O–H groups in total. The van der Waals surface area contributed by atoms with Crippen LogP contribution in [0, 0.1) is 0 Å². The van der Waals surface area contributed by atoms with Crippen molar-refractivity contribution < 1.29 is 39.8 Å². The van der Waals surface area contributed by atoms with Crippen LogP contribution in [0.3, 0.4) is 0 Å². The molecule has 9 nitrogen and oxygen atoms in total. The minimum absolute atomic E-state index is 0.173. The molecule has 1 fully saturated rings. The van der Waals surface area contributed by atoms with Gasteiger partial charge in [0.1, 0.15) is 24.4 Å². The van der Waals surface area contributed by atoms with Crippen LogP contribution in [0.15, 0.2) is 72.9 Å². The number of aliphatic hydroxyl groups excluding tert-OH is 5. The molecule has 0 aromatic heterocycles. The summed E-state index contributed by atoms with van der Waals surface area (Å²) in [4.78, 5) is 13.1. The van der Waals surface area contributed by atoms with E-state index in [0.29, 0.717) is 6.42 Å². The lowest BCUT2D eigenvalue weighted by Gasteiger charge is -2.40. The van der Waals surface area contributed by atoms with Crippen LogP contribution in [0.5, 0.6) is 0 Å². The molecule has 1 rings (SSSR count). The van der Waals surface area contributed by atoms with Crippen molar-refractivity contribution in [3.8, 4) is 0 Å². The van der Waals surface area contributed by atoms with Crippen molar-refractivity contribution in [2.24, 2.45) is 0 Å². The normalized spacial score (nSPS) is 18.8. The minimum atomic E-state index is -1.57. The third kappa shape index (κ3) is 49.6. The van der Waals surface area contributed by atoms with E-state index in [0.717, 1.165) is 70.6 Å². The Bertz CT molecular complexity index is 1510. The van der Waals surface area contributed by atoms with Crippen molar-refractivity contribution in [3.63, 3.8) is 0 Å². The number of allylic oxidation sites excluding steroid dienone is 11. The van der Waals surface area contributed by atoms with E-state index in [2.05, 4.69) is 79.9 Å². The van der Waals surface area contributed by atoms with Crippen molar-refractivity contribution in [1.82, 2.24) is 5.32 Å². The standard InChI is InChI=1S/C72H131NO8/c1-3-5-7-9-11-13-15-17-19-21-23-25-27-29-30-31-32-33-34-35-36-38-40-42-44-46-48-50-52-54-56-58-60-62-68(76)73-65(64-80-72-71(79)70(78)69(77)67(63-74)81-72)66(75)61-59-57-55-53-51-49-47-45-43-41-39-37-28-26-24-22-20-18-16-14-12-10-8-6-4-2/h5,7,11,13,17,19,23,25,29-30,59,61,65-67,69-72,74-75,77-79H,3-4,6,8-10,12,14-16,18,20-22,24,26-28,31-58,60,62-64H2,1-2H3,(H,73,76)/b7-5-,13-11-,19-17-,25-23-,30-29-,61-59+. The molecule has 0 spiro atoms. The average molecular weight is 1140 g/mol. The first-order valence-electron chi connectivity index (χ1n) is 34.7. The molecule has 472 valence electrons. The second kappa shape index (κ2) is 60.7. The molecular formula is C72H131NO8. The third-order valence-corrected chi connectivity index (χ3v) is 16.3. The molecule has 7 atom stereocenters. The van der Waals surface area contributed by atoms with E-state index >= 15 is 0 Å². The number of nitrogens with one attached hydrogen (secondary N) is 1.